The Morgan fingerprint density at radius 3 is 2.79 bits per heavy atom. The highest BCUT2D eigenvalue weighted by Gasteiger charge is 2.13. The Hall–Kier alpha value is -2.62. The van der Waals surface area contributed by atoms with Crippen molar-refractivity contribution in [3.63, 3.8) is 0 Å². The molecule has 0 spiro atoms. The molecule has 0 aliphatic rings. The van der Waals surface area contributed by atoms with E-state index in [1.54, 1.807) is 16.7 Å². The minimum absolute atomic E-state index is 0.138. The number of para-hydroxylation sites is 1. The van der Waals surface area contributed by atoms with Gasteiger partial charge >= 0.3 is 0 Å². The summed E-state index contributed by atoms with van der Waals surface area (Å²) in [4.78, 5) is 12.8. The quantitative estimate of drug-likeness (QED) is 0.452. The number of anilines is 3. The number of halogens is 2. The molecule has 0 amide bonds. The zero-order valence-electron chi connectivity index (χ0n) is 14.6. The molecular formula is C17H14Cl2N8S. The maximum atomic E-state index is 6.15. The summed E-state index contributed by atoms with van der Waals surface area (Å²) < 4.78 is 1.73. The lowest BCUT2D eigenvalue weighted by Crippen LogP contribution is -2.07. The summed E-state index contributed by atoms with van der Waals surface area (Å²) in [5.74, 6) is 1.45. The van der Waals surface area contributed by atoms with Crippen LogP contribution in [0.15, 0.2) is 41.7 Å². The van der Waals surface area contributed by atoms with E-state index in [1.165, 1.54) is 11.8 Å². The zero-order chi connectivity index (χ0) is 19.7. The third kappa shape index (κ3) is 3.96. The summed E-state index contributed by atoms with van der Waals surface area (Å²) in [7, 11) is 0. The maximum absolute atomic E-state index is 6.15. The van der Waals surface area contributed by atoms with Gasteiger partial charge in [0.25, 0.3) is 0 Å². The summed E-state index contributed by atoms with van der Waals surface area (Å²) in [5, 5.41) is 12.9. The highest BCUT2D eigenvalue weighted by Crippen LogP contribution is 2.27. The van der Waals surface area contributed by atoms with Crippen LogP contribution in [0.4, 0.5) is 17.6 Å². The van der Waals surface area contributed by atoms with Crippen molar-refractivity contribution in [1.82, 2.24) is 29.5 Å². The fraction of sp³-hybridized carbons (Fsp3) is 0.118. The topological polar surface area (TPSA) is 107 Å². The van der Waals surface area contributed by atoms with Gasteiger partial charge in [-0.1, -0.05) is 53.2 Å². The number of nitrogen functional groups attached to an aromatic ring is 1. The van der Waals surface area contributed by atoms with Gasteiger partial charge in [0.05, 0.1) is 15.8 Å². The molecule has 3 N–H and O–H groups in total. The van der Waals surface area contributed by atoms with Crippen LogP contribution in [-0.4, -0.2) is 29.5 Å². The summed E-state index contributed by atoms with van der Waals surface area (Å²) in [6.07, 6.45) is 1.71. The van der Waals surface area contributed by atoms with Crippen molar-refractivity contribution < 1.29 is 0 Å². The predicted octanol–water partition coefficient (Wildman–Crippen LogP) is 4.15. The second-order valence-corrected chi connectivity index (χ2v) is 7.63. The Kier molecular flexibility index (Phi) is 5.21. The van der Waals surface area contributed by atoms with Crippen molar-refractivity contribution in [2.75, 3.05) is 11.1 Å². The average molecular weight is 433 g/mol. The van der Waals surface area contributed by atoms with Gasteiger partial charge in [-0.15, -0.1) is 10.2 Å². The van der Waals surface area contributed by atoms with Gasteiger partial charge in [0.2, 0.25) is 11.9 Å². The monoisotopic (exact) mass is 432 g/mol. The van der Waals surface area contributed by atoms with Gasteiger partial charge < -0.3 is 11.1 Å². The van der Waals surface area contributed by atoms with Crippen molar-refractivity contribution >= 4 is 58.2 Å². The van der Waals surface area contributed by atoms with E-state index in [4.69, 9.17) is 28.9 Å². The van der Waals surface area contributed by atoms with E-state index >= 15 is 0 Å². The van der Waals surface area contributed by atoms with Crippen LogP contribution in [0.3, 0.4) is 0 Å². The van der Waals surface area contributed by atoms with Crippen LogP contribution in [0.5, 0.6) is 0 Å². The molecule has 0 unspecified atom stereocenters. The van der Waals surface area contributed by atoms with E-state index in [0.717, 1.165) is 11.3 Å². The van der Waals surface area contributed by atoms with Crippen LogP contribution in [0.1, 0.15) is 11.4 Å². The van der Waals surface area contributed by atoms with E-state index in [2.05, 4.69) is 30.5 Å². The van der Waals surface area contributed by atoms with Crippen molar-refractivity contribution in [3.8, 4) is 0 Å². The van der Waals surface area contributed by atoms with Crippen molar-refractivity contribution in [2.45, 2.75) is 17.8 Å². The molecule has 0 saturated heterocycles. The average Bonchev–Trinajstić information content (AvgIpc) is 3.05. The van der Waals surface area contributed by atoms with E-state index < -0.39 is 0 Å². The zero-order valence-corrected chi connectivity index (χ0v) is 16.9. The first kappa shape index (κ1) is 18.7. The smallest absolute Gasteiger partial charge is 0.232 e. The Labute approximate surface area is 174 Å². The molecular weight excluding hydrogens is 419 g/mol. The molecule has 3 aromatic heterocycles. The first-order valence-electron chi connectivity index (χ1n) is 8.15. The summed E-state index contributed by atoms with van der Waals surface area (Å²) >= 11 is 13.6. The SMILES string of the molecule is Cc1ccccc1Nc1nc(N)nc(CSc2nnc3c(Cl)cc(Cl)cn23)n1. The molecule has 0 radical (unpaired) electrons. The standard InChI is InChI=1S/C17H14Cl2N8S/c1-9-4-2-3-5-12(9)21-16-23-13(22-15(20)24-16)8-28-17-26-25-14-11(19)6-10(18)7-27(14)17/h2-7H,8H2,1H3,(H3,20,21,22,23,24). The summed E-state index contributed by atoms with van der Waals surface area (Å²) in [6.45, 7) is 2.00. The van der Waals surface area contributed by atoms with Crippen molar-refractivity contribution in [3.05, 3.63) is 58.0 Å². The van der Waals surface area contributed by atoms with Gasteiger partial charge in [-0.3, -0.25) is 4.40 Å². The van der Waals surface area contributed by atoms with E-state index in [0.29, 0.717) is 38.4 Å². The molecule has 0 saturated carbocycles. The number of aryl methyl sites for hydroxylation is 1. The number of hydrogen-bond acceptors (Lipinski definition) is 8. The van der Waals surface area contributed by atoms with Crippen LogP contribution in [-0.2, 0) is 5.75 Å². The molecule has 3 heterocycles. The molecule has 28 heavy (non-hydrogen) atoms. The van der Waals surface area contributed by atoms with Gasteiger partial charge in [-0.25, -0.2) is 0 Å². The molecule has 4 rings (SSSR count). The lowest BCUT2D eigenvalue weighted by atomic mass is 10.2. The number of benzene rings is 1. The number of nitrogens with two attached hydrogens (primary N) is 1. The molecule has 8 nitrogen and oxygen atoms in total. The number of aromatic nitrogens is 6. The van der Waals surface area contributed by atoms with Crippen LogP contribution in [0.2, 0.25) is 10.0 Å². The Morgan fingerprint density at radius 2 is 1.96 bits per heavy atom. The van der Waals surface area contributed by atoms with E-state index in [-0.39, 0.29) is 5.95 Å². The number of rotatable bonds is 5. The Bertz CT molecular complexity index is 1160. The Morgan fingerprint density at radius 1 is 1.14 bits per heavy atom. The lowest BCUT2D eigenvalue weighted by molar-refractivity contribution is 0.914. The van der Waals surface area contributed by atoms with Gasteiger partial charge in [-0.05, 0) is 24.6 Å². The van der Waals surface area contributed by atoms with E-state index in [9.17, 15) is 0 Å². The van der Waals surface area contributed by atoms with Crippen LogP contribution in [0, 0.1) is 6.92 Å². The number of fused-ring (bicyclic) bond motifs is 1. The first-order chi connectivity index (χ1) is 13.5. The highest BCUT2D eigenvalue weighted by atomic mass is 35.5. The lowest BCUT2D eigenvalue weighted by Gasteiger charge is -2.09. The van der Waals surface area contributed by atoms with Gasteiger partial charge in [0.1, 0.15) is 5.82 Å². The second-order valence-electron chi connectivity index (χ2n) is 5.84. The Balaban J connectivity index is 1.56. The fourth-order valence-electron chi connectivity index (χ4n) is 2.52. The molecule has 0 bridgehead atoms. The third-order valence-corrected chi connectivity index (χ3v) is 5.24. The fourth-order valence-corrected chi connectivity index (χ4v) is 3.80. The number of nitrogens with one attached hydrogen (secondary N) is 1. The molecule has 0 aliphatic carbocycles. The molecule has 142 valence electrons. The molecule has 11 heteroatoms. The molecule has 0 aliphatic heterocycles. The number of thioether (sulfide) groups is 1. The summed E-state index contributed by atoms with van der Waals surface area (Å²) in [5.41, 5.74) is 8.36. The van der Waals surface area contributed by atoms with Gasteiger partial charge in [0, 0.05) is 11.9 Å². The van der Waals surface area contributed by atoms with Crippen LogP contribution >= 0.6 is 35.0 Å². The molecule has 0 fully saturated rings. The summed E-state index contributed by atoms with van der Waals surface area (Å²) in [6, 6.07) is 9.46. The molecule has 1 aromatic carbocycles. The highest BCUT2D eigenvalue weighted by molar-refractivity contribution is 7.98. The maximum Gasteiger partial charge on any atom is 0.232 e. The predicted molar refractivity (Wildman–Crippen MR) is 111 cm³/mol. The van der Waals surface area contributed by atoms with Crippen LogP contribution < -0.4 is 11.1 Å². The van der Waals surface area contributed by atoms with Gasteiger partial charge in [-0.2, -0.15) is 15.0 Å². The van der Waals surface area contributed by atoms with Crippen LogP contribution in [0.25, 0.3) is 5.65 Å². The van der Waals surface area contributed by atoms with Crippen molar-refractivity contribution in [1.29, 1.82) is 0 Å². The second kappa shape index (κ2) is 7.78. The minimum Gasteiger partial charge on any atom is -0.368 e. The minimum atomic E-state index is 0.138. The molecule has 0 atom stereocenters. The number of hydrogen-bond donors (Lipinski definition) is 2. The normalized spacial score (nSPS) is 11.1. The van der Waals surface area contributed by atoms with Crippen molar-refractivity contribution in [2.24, 2.45) is 0 Å². The number of pyridine rings is 1. The van der Waals surface area contributed by atoms with Gasteiger partial charge in [0.15, 0.2) is 10.8 Å². The first-order valence-corrected chi connectivity index (χ1v) is 9.89. The van der Waals surface area contributed by atoms with E-state index in [1.807, 2.05) is 31.2 Å². The third-order valence-electron chi connectivity index (χ3n) is 3.82. The molecule has 4 aromatic rings. The number of nitrogens with zero attached hydrogens (tertiary/aromatic N) is 6. The largest absolute Gasteiger partial charge is 0.368 e.